The van der Waals surface area contributed by atoms with Gasteiger partial charge in [0.15, 0.2) is 5.78 Å². The van der Waals surface area contributed by atoms with Gasteiger partial charge in [0, 0.05) is 5.56 Å². The SMILES string of the molecule is CCCCC(Nc1nc2ccccc2c(=O)[nH]1)(C(=O)c1ccccc1)C(CCC)Cc1ccc(OCc2ccc(C(=O)O)cc2)cc1. The second kappa shape index (κ2) is 15.4. The van der Waals surface area contributed by atoms with E-state index in [0.717, 1.165) is 36.8 Å². The number of nitrogens with zero attached hydrogens (tertiary/aromatic N) is 1. The van der Waals surface area contributed by atoms with E-state index in [4.69, 9.17) is 14.8 Å². The van der Waals surface area contributed by atoms with Crippen LogP contribution >= 0.6 is 0 Å². The minimum Gasteiger partial charge on any atom is -0.489 e. The van der Waals surface area contributed by atoms with Crippen molar-refractivity contribution in [3.8, 4) is 5.75 Å². The fourth-order valence-corrected chi connectivity index (χ4v) is 6.17. The van der Waals surface area contributed by atoms with Crippen molar-refractivity contribution >= 4 is 28.6 Å². The first-order valence-electron chi connectivity index (χ1n) is 16.2. The Kier molecular flexibility index (Phi) is 10.8. The molecular weight excluding hydrogens is 590 g/mol. The molecule has 5 aromatic rings. The highest BCUT2D eigenvalue weighted by Crippen LogP contribution is 2.37. The van der Waals surface area contributed by atoms with E-state index >= 15 is 0 Å². The Labute approximate surface area is 274 Å². The van der Waals surface area contributed by atoms with Crippen LogP contribution in [0.25, 0.3) is 10.9 Å². The molecule has 0 amide bonds. The number of anilines is 1. The Morgan fingerprint density at radius 1 is 0.851 bits per heavy atom. The summed E-state index contributed by atoms with van der Waals surface area (Å²) in [5, 5.41) is 13.2. The molecule has 1 heterocycles. The van der Waals surface area contributed by atoms with Crippen molar-refractivity contribution in [2.24, 2.45) is 5.92 Å². The molecule has 0 saturated heterocycles. The molecule has 8 heteroatoms. The summed E-state index contributed by atoms with van der Waals surface area (Å²) >= 11 is 0. The number of carboxylic acid groups (broad SMARTS) is 1. The number of benzene rings is 4. The van der Waals surface area contributed by atoms with Crippen LogP contribution in [0.2, 0.25) is 0 Å². The van der Waals surface area contributed by atoms with Gasteiger partial charge in [0.05, 0.1) is 16.5 Å². The number of ether oxygens (including phenoxy) is 1. The lowest BCUT2D eigenvalue weighted by Gasteiger charge is -2.41. The highest BCUT2D eigenvalue weighted by Gasteiger charge is 2.45. The van der Waals surface area contributed by atoms with Crippen LogP contribution in [0.5, 0.6) is 5.75 Å². The number of ketones is 1. The van der Waals surface area contributed by atoms with Gasteiger partial charge in [0.25, 0.3) is 5.56 Å². The van der Waals surface area contributed by atoms with Gasteiger partial charge in [0.2, 0.25) is 5.95 Å². The first kappa shape index (κ1) is 33.1. The van der Waals surface area contributed by atoms with Crippen LogP contribution in [0.1, 0.15) is 77.8 Å². The number of nitrogens with one attached hydrogen (secondary N) is 2. The molecule has 5 rings (SSSR count). The highest BCUT2D eigenvalue weighted by molar-refractivity contribution is 6.05. The van der Waals surface area contributed by atoms with Crippen LogP contribution in [0, 0.1) is 5.92 Å². The molecule has 0 aliphatic rings. The molecule has 0 aliphatic heterocycles. The molecule has 242 valence electrons. The van der Waals surface area contributed by atoms with Gasteiger partial charge in [-0.05, 0) is 72.7 Å². The first-order chi connectivity index (χ1) is 22.8. The molecule has 4 aromatic carbocycles. The molecular formula is C39H41N3O5. The van der Waals surface area contributed by atoms with Crippen LogP contribution in [-0.2, 0) is 13.0 Å². The van der Waals surface area contributed by atoms with Gasteiger partial charge in [-0.25, -0.2) is 9.78 Å². The van der Waals surface area contributed by atoms with Crippen molar-refractivity contribution in [3.63, 3.8) is 0 Å². The fraction of sp³-hybridized carbons (Fsp3) is 0.282. The predicted molar refractivity (Wildman–Crippen MR) is 185 cm³/mol. The lowest BCUT2D eigenvalue weighted by Crippen LogP contribution is -2.54. The molecule has 2 unspecified atom stereocenters. The number of carbonyl (C=O) groups is 2. The molecule has 8 nitrogen and oxygen atoms in total. The van der Waals surface area contributed by atoms with E-state index in [1.807, 2.05) is 66.7 Å². The topological polar surface area (TPSA) is 121 Å². The monoisotopic (exact) mass is 631 g/mol. The van der Waals surface area contributed by atoms with Crippen LogP contribution in [0.4, 0.5) is 5.95 Å². The maximum Gasteiger partial charge on any atom is 0.335 e. The summed E-state index contributed by atoms with van der Waals surface area (Å²) in [6, 6.07) is 31.1. The van der Waals surface area contributed by atoms with Gasteiger partial charge in [0.1, 0.15) is 17.9 Å². The largest absolute Gasteiger partial charge is 0.489 e. The number of unbranched alkanes of at least 4 members (excludes halogenated alkanes) is 1. The molecule has 0 radical (unpaired) electrons. The number of carbonyl (C=O) groups excluding carboxylic acids is 1. The smallest absolute Gasteiger partial charge is 0.335 e. The zero-order chi connectivity index (χ0) is 33.2. The molecule has 0 aliphatic carbocycles. The van der Waals surface area contributed by atoms with Crippen LogP contribution in [0.15, 0.2) is 108 Å². The van der Waals surface area contributed by atoms with Crippen LogP contribution in [0.3, 0.4) is 0 Å². The van der Waals surface area contributed by atoms with Crippen molar-refractivity contribution in [3.05, 3.63) is 136 Å². The van der Waals surface area contributed by atoms with Crippen LogP contribution in [-0.4, -0.2) is 32.4 Å². The number of Topliss-reactive ketones (excluding diaryl/α,β-unsaturated/α-hetero) is 1. The number of fused-ring (bicyclic) bond motifs is 1. The molecule has 0 fully saturated rings. The Bertz CT molecular complexity index is 1850. The lowest BCUT2D eigenvalue weighted by atomic mass is 9.70. The summed E-state index contributed by atoms with van der Waals surface area (Å²) in [6.07, 6.45) is 4.54. The molecule has 0 spiro atoms. The highest BCUT2D eigenvalue weighted by atomic mass is 16.5. The van der Waals surface area contributed by atoms with Gasteiger partial charge in [-0.15, -0.1) is 0 Å². The third-order valence-corrected chi connectivity index (χ3v) is 8.67. The number of para-hydroxylation sites is 1. The average molecular weight is 632 g/mol. The second-order valence-electron chi connectivity index (χ2n) is 12.0. The van der Waals surface area contributed by atoms with Crippen molar-refractivity contribution in [1.82, 2.24) is 9.97 Å². The van der Waals surface area contributed by atoms with Crippen LogP contribution < -0.4 is 15.6 Å². The standard InChI is InChI=1S/C39H41N3O5/c1-3-5-24-39(35(43)29-12-7-6-8-13-29,42-38-40-34-15-10-9-14-33(34)36(44)41-38)31(11-4-2)25-27-18-22-32(23-19-27)47-26-28-16-20-30(21-17-28)37(45)46/h6-10,12-23,31H,3-5,11,24-26H2,1-2H3,(H,45,46)(H2,40,41,42,44). The number of hydrogen-bond acceptors (Lipinski definition) is 6. The summed E-state index contributed by atoms with van der Waals surface area (Å²) < 4.78 is 5.99. The van der Waals surface area contributed by atoms with Gasteiger partial charge in [-0.2, -0.15) is 0 Å². The van der Waals surface area contributed by atoms with E-state index in [1.54, 1.807) is 36.4 Å². The Morgan fingerprint density at radius 2 is 1.53 bits per heavy atom. The second-order valence-corrected chi connectivity index (χ2v) is 12.0. The van der Waals surface area contributed by atoms with Gasteiger partial charge in [-0.3, -0.25) is 14.6 Å². The Morgan fingerprint density at radius 3 is 2.21 bits per heavy atom. The zero-order valence-electron chi connectivity index (χ0n) is 26.9. The normalized spacial score (nSPS) is 13.1. The predicted octanol–water partition coefficient (Wildman–Crippen LogP) is 8.08. The lowest BCUT2D eigenvalue weighted by molar-refractivity contribution is 0.0696. The van der Waals surface area contributed by atoms with E-state index in [9.17, 15) is 14.4 Å². The van der Waals surface area contributed by atoms with E-state index in [2.05, 4.69) is 24.1 Å². The third kappa shape index (κ3) is 7.95. The molecule has 1 aromatic heterocycles. The fourth-order valence-electron chi connectivity index (χ4n) is 6.17. The number of carboxylic acids is 1. The molecule has 0 saturated carbocycles. The summed E-state index contributed by atoms with van der Waals surface area (Å²) in [4.78, 5) is 46.6. The van der Waals surface area contributed by atoms with Gasteiger partial charge in [-0.1, -0.05) is 99.8 Å². The minimum atomic E-state index is -1.04. The van der Waals surface area contributed by atoms with Crippen molar-refractivity contribution < 1.29 is 19.4 Å². The number of aromatic amines is 1. The number of H-pyrrole nitrogens is 1. The summed E-state index contributed by atoms with van der Waals surface area (Å²) in [6.45, 7) is 4.55. The average Bonchev–Trinajstić information content (AvgIpc) is 3.10. The van der Waals surface area contributed by atoms with E-state index in [-0.39, 0.29) is 28.8 Å². The first-order valence-corrected chi connectivity index (χ1v) is 16.2. The maximum atomic E-state index is 14.7. The maximum absolute atomic E-state index is 14.7. The van der Waals surface area contributed by atoms with E-state index < -0.39 is 11.5 Å². The van der Waals surface area contributed by atoms with E-state index in [1.165, 1.54) is 0 Å². The molecule has 0 bridgehead atoms. The quantitative estimate of drug-likeness (QED) is 0.0941. The number of aromatic carboxylic acids is 1. The number of aromatic nitrogens is 2. The zero-order valence-corrected chi connectivity index (χ0v) is 26.9. The van der Waals surface area contributed by atoms with Gasteiger partial charge < -0.3 is 15.2 Å². The van der Waals surface area contributed by atoms with Crippen molar-refractivity contribution in [2.45, 2.75) is 64.5 Å². The summed E-state index contributed by atoms with van der Waals surface area (Å²) in [5.41, 5.74) is 2.05. The minimum absolute atomic E-state index is 0.0188. The van der Waals surface area contributed by atoms with Crippen molar-refractivity contribution in [2.75, 3.05) is 5.32 Å². The van der Waals surface area contributed by atoms with Gasteiger partial charge >= 0.3 is 5.97 Å². The number of hydrogen-bond donors (Lipinski definition) is 3. The third-order valence-electron chi connectivity index (χ3n) is 8.67. The number of rotatable bonds is 16. The summed E-state index contributed by atoms with van der Waals surface area (Å²) in [5.74, 6) is -0.125. The Hall–Kier alpha value is -5.24. The Balaban J connectivity index is 1.47. The van der Waals surface area contributed by atoms with E-state index in [0.29, 0.717) is 41.7 Å². The molecule has 3 N–H and O–H groups in total. The molecule has 47 heavy (non-hydrogen) atoms. The molecule has 2 atom stereocenters. The summed E-state index contributed by atoms with van der Waals surface area (Å²) in [7, 11) is 0. The van der Waals surface area contributed by atoms with Crippen molar-refractivity contribution in [1.29, 1.82) is 0 Å².